The first kappa shape index (κ1) is 12.3. The van der Waals surface area contributed by atoms with Gasteiger partial charge in [-0.3, -0.25) is 0 Å². The molecule has 3 heteroatoms. The minimum Gasteiger partial charge on any atom is -0.472 e. The molecule has 0 saturated carbocycles. The molecule has 1 heterocycles. The molecular formula is C12H21NO2. The van der Waals surface area contributed by atoms with Crippen LogP contribution in [0.3, 0.4) is 0 Å². The Hall–Kier alpha value is -0.800. The van der Waals surface area contributed by atoms with Gasteiger partial charge < -0.3 is 14.5 Å². The molecule has 1 N–H and O–H groups in total. The van der Waals surface area contributed by atoms with Crippen LogP contribution in [0.1, 0.15) is 38.8 Å². The lowest BCUT2D eigenvalue weighted by molar-refractivity contribution is -0.0112. The van der Waals surface area contributed by atoms with Crippen LogP contribution in [0.5, 0.6) is 0 Å². The number of ether oxygens (including phenoxy) is 1. The first-order valence-electron chi connectivity index (χ1n) is 5.42. The van der Waals surface area contributed by atoms with Gasteiger partial charge >= 0.3 is 0 Å². The third-order valence-corrected chi connectivity index (χ3v) is 2.70. The minimum atomic E-state index is -0.237. The Balaban J connectivity index is 2.78. The van der Waals surface area contributed by atoms with Gasteiger partial charge in [-0.05, 0) is 32.9 Å². The van der Waals surface area contributed by atoms with Gasteiger partial charge in [0.2, 0.25) is 0 Å². The van der Waals surface area contributed by atoms with Crippen molar-refractivity contribution in [2.24, 2.45) is 0 Å². The highest BCUT2D eigenvalue weighted by atomic mass is 16.5. The van der Waals surface area contributed by atoms with Crippen molar-refractivity contribution in [1.29, 1.82) is 0 Å². The van der Waals surface area contributed by atoms with Crippen molar-refractivity contribution in [3.05, 3.63) is 24.2 Å². The smallest absolute Gasteiger partial charge is 0.0951 e. The summed E-state index contributed by atoms with van der Waals surface area (Å²) in [6.45, 7) is 7.28. The fraction of sp³-hybridized carbons (Fsp3) is 0.667. The van der Waals surface area contributed by atoms with Gasteiger partial charge in [0.15, 0.2) is 0 Å². The Kier molecular flexibility index (Phi) is 4.36. The van der Waals surface area contributed by atoms with Crippen molar-refractivity contribution in [1.82, 2.24) is 5.32 Å². The Morgan fingerprint density at radius 3 is 2.73 bits per heavy atom. The average molecular weight is 211 g/mol. The number of hydrogen-bond donors (Lipinski definition) is 1. The number of furan rings is 1. The van der Waals surface area contributed by atoms with Gasteiger partial charge in [0.1, 0.15) is 0 Å². The SMILES string of the molecule is CCCNC(c1ccoc1)C(C)(C)OC. The van der Waals surface area contributed by atoms with E-state index in [1.54, 1.807) is 19.6 Å². The largest absolute Gasteiger partial charge is 0.472 e. The van der Waals surface area contributed by atoms with E-state index in [9.17, 15) is 0 Å². The topological polar surface area (TPSA) is 34.4 Å². The Bertz CT molecular complexity index is 267. The molecule has 0 aliphatic carbocycles. The summed E-state index contributed by atoms with van der Waals surface area (Å²) in [6.07, 6.45) is 4.57. The quantitative estimate of drug-likeness (QED) is 0.785. The monoisotopic (exact) mass is 211 g/mol. The maximum Gasteiger partial charge on any atom is 0.0951 e. The molecule has 1 rings (SSSR count). The lowest BCUT2D eigenvalue weighted by atomic mass is 9.93. The Morgan fingerprint density at radius 2 is 2.27 bits per heavy atom. The molecule has 0 aliphatic rings. The highest BCUT2D eigenvalue weighted by Gasteiger charge is 2.30. The third kappa shape index (κ3) is 3.08. The summed E-state index contributed by atoms with van der Waals surface area (Å²) in [5, 5.41) is 3.48. The van der Waals surface area contributed by atoms with Gasteiger partial charge in [-0.15, -0.1) is 0 Å². The normalized spacial score (nSPS) is 14.1. The fourth-order valence-corrected chi connectivity index (χ4v) is 1.61. The summed E-state index contributed by atoms with van der Waals surface area (Å²) in [7, 11) is 1.74. The van der Waals surface area contributed by atoms with Crippen LogP contribution in [0.2, 0.25) is 0 Å². The predicted molar refractivity (Wildman–Crippen MR) is 60.8 cm³/mol. The van der Waals surface area contributed by atoms with E-state index in [1.807, 2.05) is 6.07 Å². The second-order valence-electron chi connectivity index (χ2n) is 4.25. The highest BCUT2D eigenvalue weighted by Crippen LogP contribution is 2.28. The standard InChI is InChI=1S/C12H21NO2/c1-5-7-13-11(12(2,3)14-4)10-6-8-15-9-10/h6,8-9,11,13H,5,7H2,1-4H3. The molecule has 0 aliphatic heterocycles. The van der Waals surface area contributed by atoms with E-state index in [4.69, 9.17) is 9.15 Å². The molecule has 0 amide bonds. The van der Waals surface area contributed by atoms with Crippen LogP contribution in [0.4, 0.5) is 0 Å². The molecule has 1 aromatic rings. The summed E-state index contributed by atoms with van der Waals surface area (Å²) < 4.78 is 10.6. The van der Waals surface area contributed by atoms with Crippen LogP contribution in [0.25, 0.3) is 0 Å². The molecular weight excluding hydrogens is 190 g/mol. The first-order chi connectivity index (χ1) is 7.11. The number of methoxy groups -OCH3 is 1. The van der Waals surface area contributed by atoms with Gasteiger partial charge in [0.05, 0.1) is 24.2 Å². The zero-order valence-electron chi connectivity index (χ0n) is 10.0. The zero-order valence-corrected chi connectivity index (χ0v) is 10.0. The molecule has 0 saturated heterocycles. The predicted octanol–water partition coefficient (Wildman–Crippen LogP) is 2.75. The van der Waals surface area contributed by atoms with Crippen LogP contribution in [0, 0.1) is 0 Å². The van der Waals surface area contributed by atoms with E-state index >= 15 is 0 Å². The van der Waals surface area contributed by atoms with Gasteiger partial charge in [0, 0.05) is 12.7 Å². The summed E-state index contributed by atoms with van der Waals surface area (Å²) in [4.78, 5) is 0. The Labute approximate surface area is 91.8 Å². The fourth-order valence-electron chi connectivity index (χ4n) is 1.61. The first-order valence-corrected chi connectivity index (χ1v) is 5.42. The number of nitrogens with one attached hydrogen (secondary N) is 1. The van der Waals surface area contributed by atoms with Crippen LogP contribution >= 0.6 is 0 Å². The van der Waals surface area contributed by atoms with Gasteiger partial charge in [0.25, 0.3) is 0 Å². The van der Waals surface area contributed by atoms with E-state index in [1.165, 1.54) is 0 Å². The average Bonchev–Trinajstić information content (AvgIpc) is 2.71. The molecule has 15 heavy (non-hydrogen) atoms. The molecule has 0 aromatic carbocycles. The van der Waals surface area contributed by atoms with Crippen molar-refractivity contribution in [3.8, 4) is 0 Å². The van der Waals surface area contributed by atoms with Crippen molar-refractivity contribution in [2.75, 3.05) is 13.7 Å². The van der Waals surface area contributed by atoms with Gasteiger partial charge in [-0.2, -0.15) is 0 Å². The van der Waals surface area contributed by atoms with Crippen LogP contribution in [0.15, 0.2) is 23.0 Å². The molecule has 1 aromatic heterocycles. The lowest BCUT2D eigenvalue weighted by Crippen LogP contribution is -2.40. The third-order valence-electron chi connectivity index (χ3n) is 2.70. The van der Waals surface area contributed by atoms with E-state index in [0.29, 0.717) is 0 Å². The molecule has 0 bridgehead atoms. The molecule has 0 radical (unpaired) electrons. The van der Waals surface area contributed by atoms with Crippen LogP contribution in [-0.2, 0) is 4.74 Å². The number of hydrogen-bond acceptors (Lipinski definition) is 3. The molecule has 1 unspecified atom stereocenters. The summed E-state index contributed by atoms with van der Waals surface area (Å²) in [5.41, 5.74) is 0.897. The van der Waals surface area contributed by atoms with E-state index < -0.39 is 0 Å². The van der Waals surface area contributed by atoms with Gasteiger partial charge in [-0.1, -0.05) is 6.92 Å². The van der Waals surface area contributed by atoms with Gasteiger partial charge in [-0.25, -0.2) is 0 Å². The second kappa shape index (κ2) is 5.33. The van der Waals surface area contributed by atoms with Crippen LogP contribution < -0.4 is 5.32 Å². The van der Waals surface area contributed by atoms with E-state index in [2.05, 4.69) is 26.1 Å². The zero-order chi connectivity index (χ0) is 11.3. The summed E-state index contributed by atoms with van der Waals surface area (Å²) >= 11 is 0. The van der Waals surface area contributed by atoms with Crippen molar-refractivity contribution >= 4 is 0 Å². The van der Waals surface area contributed by atoms with Crippen molar-refractivity contribution in [2.45, 2.75) is 38.8 Å². The molecule has 3 nitrogen and oxygen atoms in total. The minimum absolute atomic E-state index is 0.168. The number of rotatable bonds is 6. The summed E-state index contributed by atoms with van der Waals surface area (Å²) in [5.74, 6) is 0. The van der Waals surface area contributed by atoms with E-state index in [-0.39, 0.29) is 11.6 Å². The molecule has 0 fully saturated rings. The van der Waals surface area contributed by atoms with E-state index in [0.717, 1.165) is 18.5 Å². The lowest BCUT2D eigenvalue weighted by Gasteiger charge is -2.33. The maximum absolute atomic E-state index is 5.52. The highest BCUT2D eigenvalue weighted by molar-refractivity contribution is 5.15. The maximum atomic E-state index is 5.52. The van der Waals surface area contributed by atoms with Crippen LogP contribution in [-0.4, -0.2) is 19.3 Å². The van der Waals surface area contributed by atoms with Crippen molar-refractivity contribution < 1.29 is 9.15 Å². The van der Waals surface area contributed by atoms with Crippen molar-refractivity contribution in [3.63, 3.8) is 0 Å². The molecule has 86 valence electrons. The summed E-state index contributed by atoms with van der Waals surface area (Å²) in [6, 6.07) is 2.15. The Morgan fingerprint density at radius 1 is 1.53 bits per heavy atom. The molecule has 0 spiro atoms. The molecule has 1 atom stereocenters. The second-order valence-corrected chi connectivity index (χ2v) is 4.25.